The third-order valence-electron chi connectivity index (χ3n) is 4.69. The highest BCUT2D eigenvalue weighted by atomic mass is 16.1. The fraction of sp³-hybridized carbons (Fsp3) is 0.333. The maximum atomic E-state index is 12.4. The molecule has 3 heterocycles. The molecule has 0 saturated carbocycles. The van der Waals surface area contributed by atoms with E-state index in [9.17, 15) is 4.79 Å². The van der Waals surface area contributed by atoms with E-state index in [1.54, 1.807) is 17.1 Å². The second-order valence-corrected chi connectivity index (χ2v) is 6.39. The second kappa shape index (κ2) is 6.60. The quantitative estimate of drug-likeness (QED) is 0.764. The summed E-state index contributed by atoms with van der Waals surface area (Å²) in [5.74, 6) is 0.710. The summed E-state index contributed by atoms with van der Waals surface area (Å²) in [6.07, 6.45) is 5.27. The molecule has 0 radical (unpaired) electrons. The first-order chi connectivity index (χ1) is 12.2. The van der Waals surface area contributed by atoms with Gasteiger partial charge in [-0.05, 0) is 43.5 Å². The van der Waals surface area contributed by atoms with Crippen LogP contribution in [0.5, 0.6) is 0 Å². The number of benzene rings is 1. The molecule has 2 aromatic heterocycles. The zero-order chi connectivity index (χ0) is 17.2. The largest absolute Gasteiger partial charge is 0.317 e. The van der Waals surface area contributed by atoms with Crippen LogP contribution in [-0.4, -0.2) is 39.0 Å². The Kier molecular flexibility index (Phi) is 4.15. The van der Waals surface area contributed by atoms with E-state index in [1.807, 2.05) is 25.2 Å². The van der Waals surface area contributed by atoms with Crippen molar-refractivity contribution in [2.24, 2.45) is 13.0 Å². The van der Waals surface area contributed by atoms with Crippen molar-refractivity contribution >= 4 is 22.5 Å². The molecule has 128 valence electrons. The highest BCUT2D eigenvalue weighted by molar-refractivity contribution is 5.95. The number of aromatic nitrogens is 4. The molecule has 0 spiro atoms. The van der Waals surface area contributed by atoms with Crippen LogP contribution < -0.4 is 10.6 Å². The lowest BCUT2D eigenvalue weighted by Crippen LogP contribution is -2.34. The predicted octanol–water partition coefficient (Wildman–Crippen LogP) is 1.97. The molecule has 0 aliphatic carbocycles. The molecule has 1 aliphatic rings. The molecule has 7 nitrogen and oxygen atoms in total. The van der Waals surface area contributed by atoms with Crippen LogP contribution in [0.1, 0.15) is 12.8 Å². The number of nitrogens with one attached hydrogen (secondary N) is 2. The Hall–Kier alpha value is -2.80. The fourth-order valence-electron chi connectivity index (χ4n) is 3.23. The Morgan fingerprint density at radius 3 is 2.80 bits per heavy atom. The summed E-state index contributed by atoms with van der Waals surface area (Å²) in [4.78, 5) is 16.8. The highest BCUT2D eigenvalue weighted by Gasteiger charge is 2.21. The van der Waals surface area contributed by atoms with E-state index in [0.717, 1.165) is 48.0 Å². The van der Waals surface area contributed by atoms with Crippen molar-refractivity contribution in [3.63, 3.8) is 0 Å². The Labute approximate surface area is 145 Å². The monoisotopic (exact) mass is 336 g/mol. The lowest BCUT2D eigenvalue weighted by molar-refractivity contribution is -0.120. The Bertz CT molecular complexity index is 913. The molecule has 1 saturated heterocycles. The summed E-state index contributed by atoms with van der Waals surface area (Å²) >= 11 is 0. The van der Waals surface area contributed by atoms with Crippen molar-refractivity contribution < 1.29 is 4.79 Å². The molecule has 2 N–H and O–H groups in total. The van der Waals surface area contributed by atoms with E-state index in [-0.39, 0.29) is 11.8 Å². The van der Waals surface area contributed by atoms with Gasteiger partial charge in [-0.1, -0.05) is 17.3 Å². The van der Waals surface area contributed by atoms with Crippen LogP contribution in [0.4, 0.5) is 5.82 Å². The summed E-state index contributed by atoms with van der Waals surface area (Å²) in [6.45, 7) is 1.79. The van der Waals surface area contributed by atoms with Gasteiger partial charge >= 0.3 is 0 Å². The molecule has 0 unspecified atom stereocenters. The van der Waals surface area contributed by atoms with Gasteiger partial charge in [0.2, 0.25) is 5.91 Å². The highest BCUT2D eigenvalue weighted by Crippen LogP contribution is 2.25. The molecule has 0 bridgehead atoms. The summed E-state index contributed by atoms with van der Waals surface area (Å²) in [5.41, 5.74) is 1.97. The number of hydrogen-bond donors (Lipinski definition) is 2. The summed E-state index contributed by atoms with van der Waals surface area (Å²) < 4.78 is 1.74. The van der Waals surface area contributed by atoms with Crippen molar-refractivity contribution in [3.05, 3.63) is 36.7 Å². The van der Waals surface area contributed by atoms with Crippen LogP contribution in [0.3, 0.4) is 0 Å². The van der Waals surface area contributed by atoms with Crippen molar-refractivity contribution in [3.8, 4) is 11.3 Å². The van der Waals surface area contributed by atoms with Crippen molar-refractivity contribution in [1.29, 1.82) is 0 Å². The third-order valence-corrected chi connectivity index (χ3v) is 4.69. The smallest absolute Gasteiger partial charge is 0.228 e. The Balaban J connectivity index is 1.60. The van der Waals surface area contributed by atoms with E-state index in [2.05, 4.69) is 32.0 Å². The zero-order valence-electron chi connectivity index (χ0n) is 14.1. The van der Waals surface area contributed by atoms with E-state index < -0.39 is 0 Å². The number of pyridine rings is 1. The standard InChI is InChI=1S/C18H20N6O/c1-24-16(11-21-23-24)13-2-3-14-10-20-17(9-15(14)8-13)22-18(25)12-4-6-19-7-5-12/h2-3,8-12,19H,4-7H2,1H3,(H,20,22,25). The number of nitrogens with zero attached hydrogens (tertiary/aromatic N) is 4. The Morgan fingerprint density at radius 1 is 1.20 bits per heavy atom. The van der Waals surface area contributed by atoms with Crippen molar-refractivity contribution in [1.82, 2.24) is 25.3 Å². The average molecular weight is 336 g/mol. The summed E-state index contributed by atoms with van der Waals surface area (Å²) in [7, 11) is 1.86. The first-order valence-corrected chi connectivity index (χ1v) is 8.47. The molecule has 4 rings (SSSR count). The number of carbonyl (C=O) groups is 1. The van der Waals surface area contributed by atoms with Crippen LogP contribution in [-0.2, 0) is 11.8 Å². The molecule has 25 heavy (non-hydrogen) atoms. The van der Waals surface area contributed by atoms with E-state index in [1.165, 1.54) is 0 Å². The number of piperidine rings is 1. The fourth-order valence-corrected chi connectivity index (χ4v) is 3.23. The van der Waals surface area contributed by atoms with Crippen LogP contribution in [0.15, 0.2) is 36.7 Å². The molecule has 7 heteroatoms. The van der Waals surface area contributed by atoms with Gasteiger partial charge in [0, 0.05) is 30.1 Å². The summed E-state index contributed by atoms with van der Waals surface area (Å²) in [6, 6.07) is 8.02. The minimum absolute atomic E-state index is 0.0559. The molecular weight excluding hydrogens is 316 g/mol. The van der Waals surface area contributed by atoms with Crippen LogP contribution in [0.2, 0.25) is 0 Å². The molecule has 1 aromatic carbocycles. The Morgan fingerprint density at radius 2 is 2.04 bits per heavy atom. The van der Waals surface area contributed by atoms with Gasteiger partial charge in [-0.15, -0.1) is 5.10 Å². The number of fused-ring (bicyclic) bond motifs is 1. The minimum atomic E-state index is 0.0559. The normalized spacial score (nSPS) is 15.4. The van der Waals surface area contributed by atoms with Gasteiger partial charge in [0.1, 0.15) is 5.82 Å². The maximum absolute atomic E-state index is 12.4. The molecule has 0 atom stereocenters. The van der Waals surface area contributed by atoms with E-state index in [0.29, 0.717) is 5.82 Å². The zero-order valence-corrected chi connectivity index (χ0v) is 14.1. The first-order valence-electron chi connectivity index (χ1n) is 8.47. The van der Waals surface area contributed by atoms with Crippen LogP contribution >= 0.6 is 0 Å². The molecule has 1 aliphatic heterocycles. The van der Waals surface area contributed by atoms with E-state index in [4.69, 9.17) is 0 Å². The number of anilines is 1. The van der Waals surface area contributed by atoms with Gasteiger partial charge in [-0.25, -0.2) is 9.67 Å². The average Bonchev–Trinajstić information content (AvgIpc) is 3.08. The van der Waals surface area contributed by atoms with Crippen molar-refractivity contribution in [2.75, 3.05) is 18.4 Å². The second-order valence-electron chi connectivity index (χ2n) is 6.39. The maximum Gasteiger partial charge on any atom is 0.228 e. The number of amides is 1. The number of hydrogen-bond acceptors (Lipinski definition) is 5. The number of aryl methyl sites for hydroxylation is 1. The van der Waals surface area contributed by atoms with Crippen LogP contribution in [0, 0.1) is 5.92 Å². The molecule has 1 fully saturated rings. The SMILES string of the molecule is Cn1nncc1-c1ccc2cnc(NC(=O)C3CCNCC3)cc2c1. The number of carbonyl (C=O) groups excluding carboxylic acids is 1. The first kappa shape index (κ1) is 15.7. The van der Waals surface area contributed by atoms with Gasteiger partial charge in [0.25, 0.3) is 0 Å². The van der Waals surface area contributed by atoms with Gasteiger partial charge in [0.15, 0.2) is 0 Å². The number of rotatable bonds is 3. The molecule has 1 amide bonds. The van der Waals surface area contributed by atoms with Gasteiger partial charge in [-0.3, -0.25) is 4.79 Å². The third kappa shape index (κ3) is 3.23. The minimum Gasteiger partial charge on any atom is -0.317 e. The van der Waals surface area contributed by atoms with Crippen molar-refractivity contribution in [2.45, 2.75) is 12.8 Å². The topological polar surface area (TPSA) is 84.7 Å². The van der Waals surface area contributed by atoms with Gasteiger partial charge in [0.05, 0.1) is 11.9 Å². The lowest BCUT2D eigenvalue weighted by Gasteiger charge is -2.21. The van der Waals surface area contributed by atoms with E-state index >= 15 is 0 Å². The summed E-state index contributed by atoms with van der Waals surface area (Å²) in [5, 5.41) is 16.2. The lowest BCUT2D eigenvalue weighted by atomic mass is 9.97. The van der Waals surface area contributed by atoms with Gasteiger partial charge < -0.3 is 10.6 Å². The van der Waals surface area contributed by atoms with Gasteiger partial charge in [-0.2, -0.15) is 0 Å². The van der Waals surface area contributed by atoms with Crippen LogP contribution in [0.25, 0.3) is 22.0 Å². The molecule has 3 aromatic rings. The molecular formula is C18H20N6O. The predicted molar refractivity (Wildman–Crippen MR) is 96.0 cm³/mol.